The van der Waals surface area contributed by atoms with E-state index in [0.717, 1.165) is 32.9 Å². The van der Waals surface area contributed by atoms with Crippen LogP contribution in [0, 0.1) is 0 Å². The lowest BCUT2D eigenvalue weighted by Gasteiger charge is -2.23. The summed E-state index contributed by atoms with van der Waals surface area (Å²) in [4.78, 5) is 23.9. The van der Waals surface area contributed by atoms with Gasteiger partial charge in [-0.3, -0.25) is 9.59 Å². The molecule has 8 heteroatoms. The van der Waals surface area contributed by atoms with Crippen molar-refractivity contribution in [3.05, 3.63) is 29.8 Å². The molecule has 1 atom stereocenters. The second kappa shape index (κ2) is 7.65. The number of alkyl halides is 3. The highest BCUT2D eigenvalue weighted by molar-refractivity contribution is 5.95. The Balaban J connectivity index is 1.98. The van der Waals surface area contributed by atoms with Crippen molar-refractivity contribution in [3.8, 4) is 0 Å². The Morgan fingerprint density at radius 2 is 2.08 bits per heavy atom. The van der Waals surface area contributed by atoms with Crippen molar-refractivity contribution in [1.29, 1.82) is 0 Å². The Morgan fingerprint density at radius 3 is 2.71 bits per heavy atom. The highest BCUT2D eigenvalue weighted by atomic mass is 19.4. The third-order valence-corrected chi connectivity index (χ3v) is 3.83. The van der Waals surface area contributed by atoms with Crippen molar-refractivity contribution >= 4 is 17.5 Å². The molecule has 5 nitrogen and oxygen atoms in total. The van der Waals surface area contributed by atoms with Gasteiger partial charge in [0, 0.05) is 19.3 Å². The van der Waals surface area contributed by atoms with E-state index in [1.54, 1.807) is 24.3 Å². The largest absolute Gasteiger partial charge is 0.471 e. The number of halogens is 3. The van der Waals surface area contributed by atoms with Crippen LogP contribution in [0.4, 0.5) is 18.9 Å². The van der Waals surface area contributed by atoms with Gasteiger partial charge in [0.15, 0.2) is 0 Å². The lowest BCUT2D eigenvalue weighted by molar-refractivity contribution is -0.184. The molecule has 0 spiro atoms. The number of carbonyl (C=O) groups excluding carboxylic acids is 2. The molecule has 132 valence electrons. The van der Waals surface area contributed by atoms with E-state index >= 15 is 0 Å². The number of amides is 2. The SMILES string of the molecule is CN(Cc1cccc(NC(=O)C2CCCCN2)c1)C(=O)C(F)(F)F. The summed E-state index contributed by atoms with van der Waals surface area (Å²) in [5.41, 5.74) is 1.00. The zero-order chi connectivity index (χ0) is 17.7. The van der Waals surface area contributed by atoms with E-state index in [1.165, 1.54) is 0 Å². The Kier molecular flexibility index (Phi) is 5.82. The second-order valence-electron chi connectivity index (χ2n) is 5.85. The van der Waals surface area contributed by atoms with Gasteiger partial charge in [-0.05, 0) is 37.1 Å². The van der Waals surface area contributed by atoms with E-state index in [9.17, 15) is 22.8 Å². The highest BCUT2D eigenvalue weighted by Crippen LogP contribution is 2.20. The highest BCUT2D eigenvalue weighted by Gasteiger charge is 2.41. The van der Waals surface area contributed by atoms with Gasteiger partial charge in [0.25, 0.3) is 0 Å². The molecule has 1 aliphatic rings. The second-order valence-corrected chi connectivity index (χ2v) is 5.85. The fraction of sp³-hybridized carbons (Fsp3) is 0.500. The molecule has 2 amide bonds. The molecule has 0 aromatic heterocycles. The number of rotatable bonds is 4. The number of benzene rings is 1. The van der Waals surface area contributed by atoms with Crippen molar-refractivity contribution in [2.45, 2.75) is 38.0 Å². The summed E-state index contributed by atoms with van der Waals surface area (Å²) in [5, 5.41) is 5.89. The van der Waals surface area contributed by atoms with Crippen molar-refractivity contribution < 1.29 is 22.8 Å². The molecule has 2 N–H and O–H groups in total. The van der Waals surface area contributed by atoms with Crippen molar-refractivity contribution in [2.75, 3.05) is 18.9 Å². The van der Waals surface area contributed by atoms with E-state index in [4.69, 9.17) is 0 Å². The normalized spacial score (nSPS) is 18.1. The minimum atomic E-state index is -4.90. The molecule has 1 saturated heterocycles. The van der Waals surface area contributed by atoms with Crippen LogP contribution in [-0.2, 0) is 16.1 Å². The molecule has 0 saturated carbocycles. The minimum absolute atomic E-state index is 0.161. The average Bonchev–Trinajstić information content (AvgIpc) is 2.54. The van der Waals surface area contributed by atoms with Gasteiger partial charge < -0.3 is 15.5 Å². The lowest BCUT2D eigenvalue weighted by atomic mass is 10.0. The first-order valence-corrected chi connectivity index (χ1v) is 7.73. The monoisotopic (exact) mass is 343 g/mol. The van der Waals surface area contributed by atoms with Crippen LogP contribution in [0.15, 0.2) is 24.3 Å². The molecular weight excluding hydrogens is 323 g/mol. The molecule has 2 rings (SSSR count). The van der Waals surface area contributed by atoms with Crippen LogP contribution in [0.25, 0.3) is 0 Å². The van der Waals surface area contributed by atoms with Crippen LogP contribution in [-0.4, -0.2) is 42.5 Å². The first-order valence-electron chi connectivity index (χ1n) is 7.73. The Bertz CT molecular complexity index is 598. The predicted octanol–water partition coefficient (Wildman–Crippen LogP) is 2.29. The molecule has 1 heterocycles. The van der Waals surface area contributed by atoms with E-state index in [2.05, 4.69) is 10.6 Å². The standard InChI is InChI=1S/C16H20F3N3O2/c1-22(15(24)16(17,18)19)10-11-5-4-6-12(9-11)21-14(23)13-7-2-3-8-20-13/h4-6,9,13,20H,2-3,7-8,10H2,1H3,(H,21,23). The number of piperidine rings is 1. The summed E-state index contributed by atoms with van der Waals surface area (Å²) >= 11 is 0. The number of nitrogens with one attached hydrogen (secondary N) is 2. The van der Waals surface area contributed by atoms with Crippen LogP contribution in [0.1, 0.15) is 24.8 Å². The molecule has 24 heavy (non-hydrogen) atoms. The summed E-state index contributed by atoms with van der Waals surface area (Å²) in [6, 6.07) is 6.22. The van der Waals surface area contributed by atoms with E-state index < -0.39 is 12.1 Å². The molecule has 1 aromatic carbocycles. The maximum absolute atomic E-state index is 12.4. The number of anilines is 1. The molecule has 1 aromatic rings. The van der Waals surface area contributed by atoms with Crippen molar-refractivity contribution in [2.24, 2.45) is 0 Å². The third-order valence-electron chi connectivity index (χ3n) is 3.83. The van der Waals surface area contributed by atoms with E-state index in [-0.39, 0.29) is 18.5 Å². The maximum Gasteiger partial charge on any atom is 0.471 e. The zero-order valence-electron chi connectivity index (χ0n) is 13.3. The number of hydrogen-bond donors (Lipinski definition) is 2. The first kappa shape index (κ1) is 18.3. The van der Waals surface area contributed by atoms with Crippen LogP contribution in [0.5, 0.6) is 0 Å². The summed E-state index contributed by atoms with van der Waals surface area (Å²) in [6.07, 6.45) is -2.12. The van der Waals surface area contributed by atoms with Gasteiger partial charge in [0.2, 0.25) is 5.91 Å². The molecule has 0 radical (unpaired) electrons. The van der Waals surface area contributed by atoms with Crippen molar-refractivity contribution in [1.82, 2.24) is 10.2 Å². The Morgan fingerprint density at radius 1 is 1.33 bits per heavy atom. The van der Waals surface area contributed by atoms with Gasteiger partial charge in [0.05, 0.1) is 6.04 Å². The minimum Gasteiger partial charge on any atom is -0.334 e. The van der Waals surface area contributed by atoms with E-state index in [0.29, 0.717) is 16.2 Å². The molecule has 0 bridgehead atoms. The average molecular weight is 343 g/mol. The lowest BCUT2D eigenvalue weighted by Crippen LogP contribution is -2.43. The van der Waals surface area contributed by atoms with Gasteiger partial charge in [-0.2, -0.15) is 13.2 Å². The fourth-order valence-electron chi connectivity index (χ4n) is 2.61. The molecule has 0 aliphatic carbocycles. The summed E-state index contributed by atoms with van der Waals surface area (Å²) < 4.78 is 37.2. The molecular formula is C16H20F3N3O2. The topological polar surface area (TPSA) is 61.4 Å². The van der Waals surface area contributed by atoms with Crippen LogP contribution >= 0.6 is 0 Å². The van der Waals surface area contributed by atoms with Gasteiger partial charge >= 0.3 is 12.1 Å². The Labute approximate surface area is 138 Å². The van der Waals surface area contributed by atoms with Gasteiger partial charge in [-0.25, -0.2) is 0 Å². The van der Waals surface area contributed by atoms with Gasteiger partial charge in [0.1, 0.15) is 0 Å². The number of carbonyl (C=O) groups is 2. The van der Waals surface area contributed by atoms with Gasteiger partial charge in [-0.15, -0.1) is 0 Å². The molecule has 1 unspecified atom stereocenters. The summed E-state index contributed by atoms with van der Waals surface area (Å²) in [6.45, 7) is 0.603. The van der Waals surface area contributed by atoms with Crippen molar-refractivity contribution in [3.63, 3.8) is 0 Å². The number of nitrogens with zero attached hydrogens (tertiary/aromatic N) is 1. The van der Waals surface area contributed by atoms with Crippen LogP contribution in [0.2, 0.25) is 0 Å². The smallest absolute Gasteiger partial charge is 0.334 e. The molecule has 1 fully saturated rings. The number of hydrogen-bond acceptors (Lipinski definition) is 3. The summed E-state index contributed by atoms with van der Waals surface area (Å²) in [7, 11) is 1.09. The Hall–Kier alpha value is -2.09. The zero-order valence-corrected chi connectivity index (χ0v) is 13.3. The van der Waals surface area contributed by atoms with Crippen LogP contribution in [0.3, 0.4) is 0 Å². The maximum atomic E-state index is 12.4. The third kappa shape index (κ3) is 4.95. The predicted molar refractivity (Wildman–Crippen MR) is 83.2 cm³/mol. The first-order chi connectivity index (χ1) is 11.3. The van der Waals surface area contributed by atoms with E-state index in [1.807, 2.05) is 0 Å². The van der Waals surface area contributed by atoms with Crippen LogP contribution < -0.4 is 10.6 Å². The quantitative estimate of drug-likeness (QED) is 0.882. The molecule has 1 aliphatic heterocycles. The summed E-state index contributed by atoms with van der Waals surface area (Å²) in [5.74, 6) is -2.06. The fourth-order valence-corrected chi connectivity index (χ4v) is 2.61. The van der Waals surface area contributed by atoms with Gasteiger partial charge in [-0.1, -0.05) is 18.6 Å².